The van der Waals surface area contributed by atoms with Crippen molar-refractivity contribution in [1.29, 1.82) is 0 Å². The fraction of sp³-hybridized carbons (Fsp3) is 0.444. The molecule has 0 aliphatic heterocycles. The van der Waals surface area contributed by atoms with Crippen molar-refractivity contribution in [3.63, 3.8) is 0 Å². The van der Waals surface area contributed by atoms with Gasteiger partial charge in [-0.3, -0.25) is 9.48 Å². The first kappa shape index (κ1) is 17.5. The monoisotopic (exact) mass is 352 g/mol. The van der Waals surface area contributed by atoms with E-state index in [1.165, 1.54) is 7.11 Å². The standard InChI is InChI=1S/C18H19F3N2O2/c1-17(2)8-7-13-14(16(17)24)15(22-23(13)10-18(19,20)21)11-5-4-6-12(9-11)25-3/h4-6,9H,7-8,10H2,1-3H3. The lowest BCUT2D eigenvalue weighted by molar-refractivity contribution is -0.143. The number of hydrogen-bond acceptors (Lipinski definition) is 3. The van der Waals surface area contributed by atoms with Crippen LogP contribution in [-0.4, -0.2) is 28.8 Å². The molecule has 0 radical (unpaired) electrons. The van der Waals surface area contributed by atoms with Crippen LogP contribution in [0.1, 0.15) is 36.3 Å². The van der Waals surface area contributed by atoms with Crippen LogP contribution < -0.4 is 4.74 Å². The third kappa shape index (κ3) is 3.27. The summed E-state index contributed by atoms with van der Waals surface area (Å²) in [5.74, 6) is 0.388. The Balaban J connectivity index is 2.19. The van der Waals surface area contributed by atoms with Crippen molar-refractivity contribution < 1.29 is 22.7 Å². The second-order valence-electron chi connectivity index (χ2n) is 6.89. The van der Waals surface area contributed by atoms with E-state index in [1.807, 2.05) is 13.8 Å². The van der Waals surface area contributed by atoms with Crippen molar-refractivity contribution in [3.05, 3.63) is 35.5 Å². The first-order valence-corrected chi connectivity index (χ1v) is 7.98. The van der Waals surface area contributed by atoms with Crippen LogP contribution in [-0.2, 0) is 13.0 Å². The average Bonchev–Trinajstić information content (AvgIpc) is 2.88. The van der Waals surface area contributed by atoms with Crippen molar-refractivity contribution in [2.24, 2.45) is 5.41 Å². The van der Waals surface area contributed by atoms with Gasteiger partial charge in [-0.25, -0.2) is 0 Å². The molecule has 4 nitrogen and oxygen atoms in total. The predicted molar refractivity (Wildman–Crippen MR) is 86.7 cm³/mol. The molecule has 7 heteroatoms. The first-order valence-electron chi connectivity index (χ1n) is 7.98. The van der Waals surface area contributed by atoms with Gasteiger partial charge in [-0.2, -0.15) is 18.3 Å². The normalized spacial score (nSPS) is 16.6. The van der Waals surface area contributed by atoms with E-state index in [1.54, 1.807) is 24.3 Å². The Morgan fingerprint density at radius 2 is 2.04 bits per heavy atom. The van der Waals surface area contributed by atoms with Gasteiger partial charge in [0.25, 0.3) is 0 Å². The number of nitrogens with zero attached hydrogens (tertiary/aromatic N) is 2. The number of ketones is 1. The van der Waals surface area contributed by atoms with Gasteiger partial charge in [0.05, 0.1) is 18.4 Å². The lowest BCUT2D eigenvalue weighted by atomic mass is 9.74. The highest BCUT2D eigenvalue weighted by Gasteiger charge is 2.41. The molecule has 1 aliphatic carbocycles. The van der Waals surface area contributed by atoms with E-state index < -0.39 is 18.1 Å². The summed E-state index contributed by atoms with van der Waals surface area (Å²) in [5, 5.41) is 4.16. The topological polar surface area (TPSA) is 44.1 Å². The molecule has 134 valence electrons. The predicted octanol–water partition coefficient (Wildman–Crippen LogP) is 4.28. The molecule has 2 aromatic rings. The molecule has 1 heterocycles. The van der Waals surface area contributed by atoms with Crippen LogP contribution in [0.3, 0.4) is 0 Å². The number of hydrogen-bond donors (Lipinski definition) is 0. The highest BCUT2D eigenvalue weighted by atomic mass is 19.4. The number of ether oxygens (including phenoxy) is 1. The van der Waals surface area contributed by atoms with Gasteiger partial charge in [0.15, 0.2) is 5.78 Å². The Kier molecular flexibility index (Phi) is 4.13. The van der Waals surface area contributed by atoms with Crippen molar-refractivity contribution in [3.8, 4) is 17.0 Å². The number of aromatic nitrogens is 2. The van der Waals surface area contributed by atoms with Crippen molar-refractivity contribution in [1.82, 2.24) is 9.78 Å². The van der Waals surface area contributed by atoms with E-state index in [2.05, 4.69) is 5.10 Å². The minimum absolute atomic E-state index is 0.167. The molecule has 0 N–H and O–H groups in total. The van der Waals surface area contributed by atoms with Crippen LogP contribution in [0.15, 0.2) is 24.3 Å². The van der Waals surface area contributed by atoms with Gasteiger partial charge in [-0.1, -0.05) is 26.0 Å². The zero-order chi connectivity index (χ0) is 18.4. The summed E-state index contributed by atoms with van der Waals surface area (Å²) >= 11 is 0. The molecule has 0 saturated heterocycles. The molecule has 0 saturated carbocycles. The fourth-order valence-corrected chi connectivity index (χ4v) is 3.15. The highest BCUT2D eigenvalue weighted by Crippen LogP contribution is 2.40. The summed E-state index contributed by atoms with van der Waals surface area (Å²) in [6.07, 6.45) is -3.51. The molecule has 3 rings (SSSR count). The summed E-state index contributed by atoms with van der Waals surface area (Å²) in [6.45, 7) is 2.43. The number of methoxy groups -OCH3 is 1. The second kappa shape index (κ2) is 5.89. The number of rotatable bonds is 3. The zero-order valence-electron chi connectivity index (χ0n) is 14.3. The minimum atomic E-state index is -4.40. The number of Topliss-reactive ketones (excluding diaryl/α,β-unsaturated/α-hetero) is 1. The molecule has 0 fully saturated rings. The first-order chi connectivity index (χ1) is 11.6. The number of halogens is 3. The van der Waals surface area contributed by atoms with Gasteiger partial charge in [0.1, 0.15) is 18.0 Å². The van der Waals surface area contributed by atoms with E-state index >= 15 is 0 Å². The molecule has 0 bridgehead atoms. The molecule has 25 heavy (non-hydrogen) atoms. The maximum Gasteiger partial charge on any atom is 0.408 e. The molecular weight excluding hydrogens is 333 g/mol. The molecular formula is C18H19F3N2O2. The van der Waals surface area contributed by atoms with Crippen molar-refractivity contribution in [2.45, 2.75) is 39.4 Å². The van der Waals surface area contributed by atoms with E-state index in [0.717, 1.165) is 4.68 Å². The van der Waals surface area contributed by atoms with Crippen molar-refractivity contribution in [2.75, 3.05) is 7.11 Å². The largest absolute Gasteiger partial charge is 0.497 e. The van der Waals surface area contributed by atoms with Gasteiger partial charge in [0.2, 0.25) is 0 Å². The van der Waals surface area contributed by atoms with E-state index in [0.29, 0.717) is 35.4 Å². The van der Waals surface area contributed by atoms with Gasteiger partial charge in [-0.05, 0) is 25.0 Å². The van der Waals surface area contributed by atoms with Crippen LogP contribution in [0.4, 0.5) is 13.2 Å². The quantitative estimate of drug-likeness (QED) is 0.828. The number of carbonyl (C=O) groups excluding carboxylic acids is 1. The van der Waals surface area contributed by atoms with E-state index in [9.17, 15) is 18.0 Å². The molecule has 0 atom stereocenters. The Morgan fingerprint density at radius 1 is 1.32 bits per heavy atom. The Hall–Kier alpha value is -2.31. The molecule has 0 spiro atoms. The lowest BCUT2D eigenvalue weighted by Gasteiger charge is -2.28. The third-order valence-corrected chi connectivity index (χ3v) is 4.56. The fourth-order valence-electron chi connectivity index (χ4n) is 3.15. The van der Waals surface area contributed by atoms with Crippen molar-refractivity contribution >= 4 is 5.78 Å². The molecule has 1 aliphatic rings. The van der Waals surface area contributed by atoms with Gasteiger partial charge in [0, 0.05) is 11.0 Å². The van der Waals surface area contributed by atoms with Crippen LogP contribution in [0.5, 0.6) is 5.75 Å². The average molecular weight is 352 g/mol. The smallest absolute Gasteiger partial charge is 0.408 e. The van der Waals surface area contributed by atoms with E-state index in [-0.39, 0.29) is 11.5 Å². The number of fused-ring (bicyclic) bond motifs is 1. The number of alkyl halides is 3. The van der Waals surface area contributed by atoms with Crippen LogP contribution in [0.25, 0.3) is 11.3 Å². The molecule has 1 aromatic carbocycles. The Morgan fingerprint density at radius 3 is 2.68 bits per heavy atom. The van der Waals surface area contributed by atoms with Crippen LogP contribution >= 0.6 is 0 Å². The van der Waals surface area contributed by atoms with Crippen LogP contribution in [0, 0.1) is 5.41 Å². The van der Waals surface area contributed by atoms with Gasteiger partial charge < -0.3 is 4.74 Å². The summed E-state index contributed by atoms with van der Waals surface area (Å²) in [6, 6.07) is 6.85. The Labute approximate surface area is 143 Å². The van der Waals surface area contributed by atoms with Gasteiger partial charge >= 0.3 is 6.18 Å². The van der Waals surface area contributed by atoms with Gasteiger partial charge in [-0.15, -0.1) is 0 Å². The van der Waals surface area contributed by atoms with Crippen LogP contribution in [0.2, 0.25) is 0 Å². The minimum Gasteiger partial charge on any atom is -0.497 e. The summed E-state index contributed by atoms with van der Waals surface area (Å²) in [5.41, 5.74) is 0.902. The maximum atomic E-state index is 12.9. The maximum absolute atomic E-state index is 12.9. The number of benzene rings is 1. The highest BCUT2D eigenvalue weighted by molar-refractivity contribution is 6.06. The summed E-state index contributed by atoms with van der Waals surface area (Å²) in [4.78, 5) is 12.9. The molecule has 0 amide bonds. The summed E-state index contributed by atoms with van der Waals surface area (Å²) < 4.78 is 44.9. The van der Waals surface area contributed by atoms with E-state index in [4.69, 9.17) is 4.74 Å². The molecule has 0 unspecified atom stereocenters. The zero-order valence-corrected chi connectivity index (χ0v) is 14.3. The summed E-state index contributed by atoms with van der Waals surface area (Å²) in [7, 11) is 1.51. The second-order valence-corrected chi connectivity index (χ2v) is 6.89. The number of carbonyl (C=O) groups is 1. The SMILES string of the molecule is COc1cccc(-c2nn(CC(F)(F)F)c3c2C(=O)C(C)(C)CC3)c1. The molecule has 1 aromatic heterocycles. The third-order valence-electron chi connectivity index (χ3n) is 4.56. The lowest BCUT2D eigenvalue weighted by Crippen LogP contribution is -2.31. The Bertz CT molecular complexity index is 822.